The molecule has 1 N–H and O–H groups in total. The molecule has 188 valence electrons. The SMILES string of the molecule is O=S(=O)(c1ccc2ccccc2c1)N1CCC(c2cc(NCc3cccnc3)n3ncc(Br)c3n2)CC1. The monoisotopic (exact) mass is 576 g/mol. The minimum atomic E-state index is -3.57. The van der Waals surface area contributed by atoms with Crippen LogP contribution in [0.25, 0.3) is 16.4 Å². The van der Waals surface area contributed by atoms with Gasteiger partial charge in [-0.3, -0.25) is 4.98 Å². The molecule has 1 fully saturated rings. The Morgan fingerprint density at radius 3 is 2.57 bits per heavy atom. The number of piperidine rings is 1. The van der Waals surface area contributed by atoms with Gasteiger partial charge in [0.25, 0.3) is 0 Å². The van der Waals surface area contributed by atoms with Crippen LogP contribution in [0.3, 0.4) is 0 Å². The van der Waals surface area contributed by atoms with Crippen molar-refractivity contribution in [3.05, 3.63) is 95.0 Å². The van der Waals surface area contributed by atoms with Crippen LogP contribution in [-0.4, -0.2) is 45.4 Å². The Labute approximate surface area is 223 Å². The van der Waals surface area contributed by atoms with E-state index in [2.05, 4.69) is 31.3 Å². The summed E-state index contributed by atoms with van der Waals surface area (Å²) in [5.41, 5.74) is 2.73. The maximum atomic E-state index is 13.4. The lowest BCUT2D eigenvalue weighted by Crippen LogP contribution is -2.38. The van der Waals surface area contributed by atoms with E-state index in [1.54, 1.807) is 33.3 Å². The molecular weight excluding hydrogens is 552 g/mol. The number of benzene rings is 2. The van der Waals surface area contributed by atoms with Crippen LogP contribution >= 0.6 is 15.9 Å². The number of anilines is 1. The lowest BCUT2D eigenvalue weighted by molar-refractivity contribution is 0.317. The molecule has 37 heavy (non-hydrogen) atoms. The number of nitrogens with one attached hydrogen (secondary N) is 1. The van der Waals surface area contributed by atoms with Crippen LogP contribution < -0.4 is 5.32 Å². The summed E-state index contributed by atoms with van der Waals surface area (Å²) >= 11 is 3.56. The topological polar surface area (TPSA) is 92.5 Å². The molecule has 0 bridgehead atoms. The Morgan fingerprint density at radius 2 is 1.78 bits per heavy atom. The number of sulfonamides is 1. The van der Waals surface area contributed by atoms with Crippen LogP contribution in [0.15, 0.2) is 88.6 Å². The highest BCUT2D eigenvalue weighted by molar-refractivity contribution is 9.10. The van der Waals surface area contributed by atoms with Crippen LogP contribution in [0.1, 0.15) is 30.0 Å². The van der Waals surface area contributed by atoms with E-state index in [1.807, 2.05) is 54.7 Å². The van der Waals surface area contributed by atoms with E-state index in [1.165, 1.54) is 0 Å². The fraction of sp³-hybridized carbons (Fsp3) is 0.222. The van der Waals surface area contributed by atoms with Gasteiger partial charge < -0.3 is 5.32 Å². The molecule has 0 aliphatic carbocycles. The highest BCUT2D eigenvalue weighted by Crippen LogP contribution is 2.33. The Hall–Kier alpha value is -3.34. The van der Waals surface area contributed by atoms with Gasteiger partial charge in [-0.15, -0.1) is 0 Å². The van der Waals surface area contributed by atoms with Crippen LogP contribution in [0.4, 0.5) is 5.82 Å². The third-order valence-corrected chi connectivity index (χ3v) is 9.33. The van der Waals surface area contributed by atoms with Crippen molar-refractivity contribution in [2.75, 3.05) is 18.4 Å². The number of hydrogen-bond donors (Lipinski definition) is 1. The fourth-order valence-electron chi connectivity index (χ4n) is 4.85. The summed E-state index contributed by atoms with van der Waals surface area (Å²) in [6.07, 6.45) is 6.72. The predicted octanol–water partition coefficient (Wildman–Crippen LogP) is 5.22. The summed E-state index contributed by atoms with van der Waals surface area (Å²) in [6, 6.07) is 19.1. The standard InChI is InChI=1S/C27H25BrN6O2S/c28-24-18-31-34-26(30-17-19-4-3-11-29-16-19)15-25(32-27(24)34)21-9-12-33(13-10-21)37(35,36)23-8-7-20-5-1-2-6-22(20)14-23/h1-8,11,14-16,18,21,30H,9-10,12-13,17H2. The molecule has 1 saturated heterocycles. The van der Waals surface area contributed by atoms with Crippen molar-refractivity contribution in [1.29, 1.82) is 0 Å². The van der Waals surface area contributed by atoms with Gasteiger partial charge in [0.15, 0.2) is 5.65 Å². The van der Waals surface area contributed by atoms with Gasteiger partial charge in [0, 0.05) is 49.7 Å². The first-order chi connectivity index (χ1) is 18.0. The van der Waals surface area contributed by atoms with Crippen molar-refractivity contribution in [3.63, 3.8) is 0 Å². The molecule has 1 aliphatic heterocycles. The van der Waals surface area contributed by atoms with Gasteiger partial charge in [-0.2, -0.15) is 13.9 Å². The molecule has 4 heterocycles. The summed E-state index contributed by atoms with van der Waals surface area (Å²) < 4.78 is 31.0. The molecule has 6 rings (SSSR count). The summed E-state index contributed by atoms with van der Waals surface area (Å²) in [6.45, 7) is 1.50. The second-order valence-corrected chi connectivity index (χ2v) is 12.0. The zero-order valence-electron chi connectivity index (χ0n) is 20.0. The Morgan fingerprint density at radius 1 is 0.973 bits per heavy atom. The normalized spacial score (nSPS) is 15.4. The van der Waals surface area contributed by atoms with Crippen LogP contribution in [0.5, 0.6) is 0 Å². The molecule has 0 atom stereocenters. The number of halogens is 1. The van der Waals surface area contributed by atoms with Crippen molar-refractivity contribution in [2.24, 2.45) is 0 Å². The van der Waals surface area contributed by atoms with Crippen molar-refractivity contribution in [2.45, 2.75) is 30.2 Å². The second-order valence-electron chi connectivity index (χ2n) is 9.20. The zero-order chi connectivity index (χ0) is 25.4. The first-order valence-corrected chi connectivity index (χ1v) is 14.4. The quantitative estimate of drug-likeness (QED) is 0.298. The highest BCUT2D eigenvalue weighted by Gasteiger charge is 2.31. The lowest BCUT2D eigenvalue weighted by Gasteiger charge is -2.31. The van der Waals surface area contributed by atoms with E-state index in [0.717, 1.165) is 38.0 Å². The van der Waals surface area contributed by atoms with Crippen LogP contribution in [0.2, 0.25) is 0 Å². The Bertz CT molecular complexity index is 1680. The van der Waals surface area contributed by atoms with Gasteiger partial charge in [0.2, 0.25) is 10.0 Å². The first kappa shape index (κ1) is 24.0. The molecule has 0 spiro atoms. The maximum Gasteiger partial charge on any atom is 0.243 e. The molecule has 1 aliphatic rings. The van der Waals surface area contributed by atoms with E-state index in [0.29, 0.717) is 37.4 Å². The summed E-state index contributed by atoms with van der Waals surface area (Å²) in [5, 5.41) is 9.87. The van der Waals surface area contributed by atoms with Gasteiger partial charge >= 0.3 is 0 Å². The van der Waals surface area contributed by atoms with Crippen molar-refractivity contribution in [1.82, 2.24) is 23.9 Å². The molecule has 0 radical (unpaired) electrons. The largest absolute Gasteiger partial charge is 0.366 e. The average molecular weight is 578 g/mol. The smallest absolute Gasteiger partial charge is 0.243 e. The number of hydrogen-bond acceptors (Lipinski definition) is 6. The van der Waals surface area contributed by atoms with Crippen LogP contribution in [0, 0.1) is 0 Å². The van der Waals surface area contributed by atoms with Gasteiger partial charge in [-0.1, -0.05) is 36.4 Å². The van der Waals surface area contributed by atoms with E-state index in [-0.39, 0.29) is 5.92 Å². The molecule has 10 heteroatoms. The lowest BCUT2D eigenvalue weighted by atomic mass is 9.94. The van der Waals surface area contributed by atoms with Gasteiger partial charge in [-0.05, 0) is 63.3 Å². The first-order valence-electron chi connectivity index (χ1n) is 12.1. The van der Waals surface area contributed by atoms with Crippen molar-refractivity contribution in [3.8, 4) is 0 Å². The third-order valence-electron chi connectivity index (χ3n) is 6.88. The fourth-order valence-corrected chi connectivity index (χ4v) is 6.71. The van der Waals surface area contributed by atoms with Crippen molar-refractivity contribution < 1.29 is 8.42 Å². The summed E-state index contributed by atoms with van der Waals surface area (Å²) in [5.74, 6) is 0.981. The molecule has 8 nitrogen and oxygen atoms in total. The Kier molecular flexibility index (Phi) is 6.39. The summed E-state index contributed by atoms with van der Waals surface area (Å²) in [7, 11) is -3.57. The molecule has 0 unspecified atom stereocenters. The van der Waals surface area contributed by atoms with Gasteiger partial charge in [0.1, 0.15) is 5.82 Å². The highest BCUT2D eigenvalue weighted by atomic mass is 79.9. The minimum Gasteiger partial charge on any atom is -0.366 e. The molecular formula is C27H25BrN6O2S. The Balaban J connectivity index is 1.22. The molecule has 3 aromatic heterocycles. The second kappa shape index (κ2) is 9.85. The van der Waals surface area contributed by atoms with E-state index < -0.39 is 10.0 Å². The summed E-state index contributed by atoms with van der Waals surface area (Å²) in [4.78, 5) is 9.41. The third kappa shape index (κ3) is 4.72. The van der Waals surface area contributed by atoms with Gasteiger partial charge in [0.05, 0.1) is 15.6 Å². The van der Waals surface area contributed by atoms with E-state index in [4.69, 9.17) is 4.98 Å². The minimum absolute atomic E-state index is 0.147. The molecule has 0 saturated carbocycles. The van der Waals surface area contributed by atoms with E-state index in [9.17, 15) is 8.42 Å². The van der Waals surface area contributed by atoms with Gasteiger partial charge in [-0.25, -0.2) is 13.4 Å². The number of nitrogens with zero attached hydrogens (tertiary/aromatic N) is 5. The number of rotatable bonds is 6. The van der Waals surface area contributed by atoms with Crippen molar-refractivity contribution >= 4 is 48.2 Å². The number of fused-ring (bicyclic) bond motifs is 2. The molecule has 0 amide bonds. The molecule has 5 aromatic rings. The predicted molar refractivity (Wildman–Crippen MR) is 147 cm³/mol. The molecule has 2 aromatic carbocycles. The number of aromatic nitrogens is 4. The number of pyridine rings is 1. The average Bonchev–Trinajstić information content (AvgIpc) is 3.32. The maximum absolute atomic E-state index is 13.4. The van der Waals surface area contributed by atoms with Crippen LogP contribution in [-0.2, 0) is 16.6 Å². The van der Waals surface area contributed by atoms with E-state index >= 15 is 0 Å². The zero-order valence-corrected chi connectivity index (χ0v) is 22.4.